The third-order valence-corrected chi connectivity index (χ3v) is 2.89. The maximum absolute atomic E-state index is 5.10. The molecule has 0 fully saturated rings. The van der Waals surface area contributed by atoms with Crippen molar-refractivity contribution in [2.45, 2.75) is 0 Å². The van der Waals surface area contributed by atoms with Crippen molar-refractivity contribution in [3.63, 3.8) is 0 Å². The van der Waals surface area contributed by atoms with Gasteiger partial charge in [0, 0.05) is 0 Å². The second kappa shape index (κ2) is 10.9. The van der Waals surface area contributed by atoms with Crippen LogP contribution in [0.1, 0.15) is 0 Å². The smallest absolute Gasteiger partial charge is 0.269 e. The molecular formula is C7H11F3OZr. The fraction of sp³-hybridized carbons (Fsp3) is 0.143. The number of hydrogen-bond acceptors (Lipinski definition) is 1. The summed E-state index contributed by atoms with van der Waals surface area (Å²) < 4.78 is 6.49. The van der Waals surface area contributed by atoms with Gasteiger partial charge in [-0.25, -0.2) is 0 Å². The Balaban J connectivity index is -0.000000270. The van der Waals surface area contributed by atoms with Crippen molar-refractivity contribution in [3.05, 3.63) is 30.3 Å². The minimum absolute atomic E-state index is 0. The maximum atomic E-state index is 5.10. The van der Waals surface area contributed by atoms with E-state index in [-0.39, 0.29) is 14.1 Å². The van der Waals surface area contributed by atoms with E-state index in [1.165, 1.54) is 3.27 Å². The first-order valence-corrected chi connectivity index (χ1v) is 5.01. The first-order valence-electron chi connectivity index (χ1n) is 2.77. The maximum Gasteiger partial charge on any atom is -0.269 e. The zero-order chi connectivity index (χ0) is 6.53. The van der Waals surface area contributed by atoms with Gasteiger partial charge in [-0.2, -0.15) is 0 Å². The van der Waals surface area contributed by atoms with E-state index in [9.17, 15) is 0 Å². The Labute approximate surface area is 81.4 Å². The molecular weight excluding hydrogens is 248 g/mol. The van der Waals surface area contributed by atoms with Gasteiger partial charge in [0.1, 0.15) is 0 Å². The average molecular weight is 259 g/mol. The van der Waals surface area contributed by atoms with E-state index in [1.54, 1.807) is 7.11 Å². The van der Waals surface area contributed by atoms with Gasteiger partial charge in [-0.3, -0.25) is 14.1 Å². The Morgan fingerprint density at radius 2 is 1.50 bits per heavy atom. The molecule has 1 nitrogen and oxygen atoms in total. The Hall–Kier alpha value is -0.147. The van der Waals surface area contributed by atoms with Crippen molar-refractivity contribution in [1.29, 1.82) is 0 Å². The molecule has 0 saturated carbocycles. The van der Waals surface area contributed by atoms with Crippen LogP contribution in [-0.4, -0.2) is 7.11 Å². The topological polar surface area (TPSA) is 9.23 Å². The van der Waals surface area contributed by atoms with Gasteiger partial charge in [0.05, 0.1) is 0 Å². The van der Waals surface area contributed by atoms with Crippen LogP contribution in [0.25, 0.3) is 0 Å². The van der Waals surface area contributed by atoms with E-state index in [0.717, 1.165) is 0 Å². The van der Waals surface area contributed by atoms with Crippen LogP contribution in [-0.2, 0) is 26.5 Å². The molecule has 0 aromatic heterocycles. The van der Waals surface area contributed by atoms with Crippen molar-refractivity contribution >= 4 is 3.27 Å². The van der Waals surface area contributed by atoms with Crippen LogP contribution in [0.3, 0.4) is 0 Å². The zero-order valence-corrected chi connectivity index (χ0v) is 8.98. The van der Waals surface area contributed by atoms with E-state index >= 15 is 0 Å². The van der Waals surface area contributed by atoms with Crippen LogP contribution in [0.5, 0.6) is 0 Å². The summed E-state index contributed by atoms with van der Waals surface area (Å²) in [5.74, 6) is 0. The van der Waals surface area contributed by atoms with E-state index in [0.29, 0.717) is 0 Å². The van der Waals surface area contributed by atoms with Crippen molar-refractivity contribution in [3.8, 4) is 0 Å². The Morgan fingerprint density at radius 3 is 1.92 bits per heavy atom. The van der Waals surface area contributed by atoms with Crippen LogP contribution in [0.15, 0.2) is 30.3 Å². The summed E-state index contributed by atoms with van der Waals surface area (Å²) in [6.45, 7) is 0. The molecule has 0 saturated heterocycles. The van der Waals surface area contributed by atoms with Gasteiger partial charge in [0.25, 0.3) is 0 Å². The summed E-state index contributed by atoms with van der Waals surface area (Å²) in [7, 11) is 1.78. The molecule has 0 unspecified atom stereocenters. The summed E-state index contributed by atoms with van der Waals surface area (Å²) >= 11 is -0.650. The normalized spacial score (nSPS) is 6.75. The predicted octanol–water partition coefficient (Wildman–Crippen LogP) is 1.41. The molecule has 1 aromatic rings. The van der Waals surface area contributed by atoms with Gasteiger partial charge in [-0.05, 0) is 0 Å². The van der Waals surface area contributed by atoms with E-state index < -0.39 is 23.7 Å². The monoisotopic (exact) mass is 258 g/mol. The molecule has 0 aliphatic heterocycles. The van der Waals surface area contributed by atoms with Crippen molar-refractivity contribution in [2.75, 3.05) is 7.11 Å². The molecule has 0 spiro atoms. The molecule has 0 radical (unpaired) electrons. The number of hydrogen-bond donors (Lipinski definition) is 0. The predicted molar refractivity (Wildman–Crippen MR) is 40.6 cm³/mol. The fourth-order valence-corrected chi connectivity index (χ4v) is 2.01. The van der Waals surface area contributed by atoms with E-state index in [2.05, 4.69) is 24.3 Å². The first kappa shape index (κ1) is 17.8. The molecule has 0 heterocycles. The SMILES string of the molecule is C[O][Zr][c]1ccccc1.F.F.F. The summed E-state index contributed by atoms with van der Waals surface area (Å²) in [6.07, 6.45) is 0. The third-order valence-electron chi connectivity index (χ3n) is 0.994. The molecule has 1 rings (SSSR count). The van der Waals surface area contributed by atoms with Crippen LogP contribution in [0.2, 0.25) is 0 Å². The largest absolute Gasteiger partial charge is 0.269 e. The van der Waals surface area contributed by atoms with Gasteiger partial charge in [0.15, 0.2) is 0 Å². The van der Waals surface area contributed by atoms with Gasteiger partial charge >= 0.3 is 67.2 Å². The molecule has 0 N–H and O–H groups in total. The molecule has 0 aliphatic rings. The molecule has 70 valence electrons. The van der Waals surface area contributed by atoms with Gasteiger partial charge in [-0.1, -0.05) is 0 Å². The average Bonchev–Trinajstić information content (AvgIpc) is 1.91. The van der Waals surface area contributed by atoms with Gasteiger partial charge < -0.3 is 0 Å². The minimum atomic E-state index is -0.650. The van der Waals surface area contributed by atoms with Crippen molar-refractivity contribution in [1.82, 2.24) is 0 Å². The van der Waals surface area contributed by atoms with Crippen LogP contribution in [0.4, 0.5) is 14.1 Å². The van der Waals surface area contributed by atoms with Gasteiger partial charge in [0.2, 0.25) is 0 Å². The van der Waals surface area contributed by atoms with Crippen molar-refractivity contribution < 1.29 is 40.6 Å². The summed E-state index contributed by atoms with van der Waals surface area (Å²) in [5.41, 5.74) is 0. The van der Waals surface area contributed by atoms with Crippen LogP contribution < -0.4 is 3.27 Å². The molecule has 0 aliphatic carbocycles. The quantitative estimate of drug-likeness (QED) is 0.780. The summed E-state index contributed by atoms with van der Waals surface area (Å²) in [4.78, 5) is 0. The second-order valence-electron chi connectivity index (χ2n) is 1.67. The van der Waals surface area contributed by atoms with Crippen molar-refractivity contribution in [2.24, 2.45) is 0 Å². The Bertz CT molecular complexity index is 172. The summed E-state index contributed by atoms with van der Waals surface area (Å²) in [6, 6.07) is 10.4. The minimum Gasteiger partial charge on any atom is -0.269 e. The first-order chi connectivity index (χ1) is 4.43. The zero-order valence-electron chi connectivity index (χ0n) is 6.52. The second-order valence-corrected chi connectivity index (χ2v) is 4.60. The Kier molecular flexibility index (Phi) is 16.1. The van der Waals surface area contributed by atoms with E-state index in [1.807, 2.05) is 6.07 Å². The van der Waals surface area contributed by atoms with E-state index in [4.69, 9.17) is 2.81 Å². The van der Waals surface area contributed by atoms with Crippen LogP contribution in [0, 0.1) is 0 Å². The van der Waals surface area contributed by atoms with Crippen LogP contribution >= 0.6 is 0 Å². The molecule has 1 aromatic carbocycles. The molecule has 0 atom stereocenters. The Morgan fingerprint density at radius 1 is 1.00 bits per heavy atom. The molecule has 12 heavy (non-hydrogen) atoms. The summed E-state index contributed by atoms with van der Waals surface area (Å²) in [5, 5.41) is 0. The molecule has 5 heteroatoms. The standard InChI is InChI=1S/C6H5.CH3O.3FH.Zr/c1-2-4-6-5-3-1;1-2;;;;/h1-5H;1H3;3*1H;/q;-1;;;;+1. The molecule has 0 amide bonds. The number of rotatable bonds is 2. The van der Waals surface area contributed by atoms with Gasteiger partial charge in [-0.15, -0.1) is 0 Å². The number of benzene rings is 1. The third kappa shape index (κ3) is 6.56. The molecule has 0 bridgehead atoms. The number of halogens is 3. The fourth-order valence-electron chi connectivity index (χ4n) is 0.624.